The second-order valence-corrected chi connectivity index (χ2v) is 7.99. The molecule has 0 aliphatic carbocycles. The number of aromatic amines is 1. The molecule has 0 unspecified atom stereocenters. The number of ether oxygens (including phenoxy) is 1. The van der Waals surface area contributed by atoms with Gasteiger partial charge in [-0.1, -0.05) is 30.3 Å². The molecule has 8 nitrogen and oxygen atoms in total. The number of amides is 1. The summed E-state index contributed by atoms with van der Waals surface area (Å²) in [5, 5.41) is 13.1. The topological polar surface area (TPSA) is 108 Å². The number of alkyl carbamates (subject to hydrolysis) is 1. The zero-order chi connectivity index (χ0) is 22.5. The molecule has 1 aromatic carbocycles. The van der Waals surface area contributed by atoms with Gasteiger partial charge in [-0.25, -0.2) is 9.18 Å². The smallest absolute Gasteiger partial charge is 0.407 e. The predicted octanol–water partition coefficient (Wildman–Crippen LogP) is 1.82. The first-order chi connectivity index (χ1) is 15.5. The number of aromatic nitrogens is 2. The number of benzene rings is 1. The van der Waals surface area contributed by atoms with E-state index >= 15 is 0 Å². The number of aliphatic hydroxyl groups is 1. The molecule has 0 bridgehead atoms. The normalized spacial score (nSPS) is 18.7. The maximum absolute atomic E-state index is 13.3. The summed E-state index contributed by atoms with van der Waals surface area (Å²) in [5.74, 6) is -0.630. The maximum Gasteiger partial charge on any atom is 0.407 e. The number of hydrogen-bond donors (Lipinski definition) is 3. The molecular weight excluding hydrogens is 415 g/mol. The molecule has 1 aliphatic rings. The molecule has 3 aromatic rings. The fourth-order valence-corrected chi connectivity index (χ4v) is 3.88. The Morgan fingerprint density at radius 2 is 2.09 bits per heavy atom. The minimum atomic E-state index is -0.580. The molecule has 1 aliphatic heterocycles. The van der Waals surface area contributed by atoms with E-state index in [1.54, 1.807) is 6.07 Å². The van der Waals surface area contributed by atoms with Gasteiger partial charge in [-0.3, -0.25) is 14.7 Å². The highest BCUT2D eigenvalue weighted by atomic mass is 19.1. The van der Waals surface area contributed by atoms with E-state index in [2.05, 4.69) is 15.3 Å². The average molecular weight is 440 g/mol. The largest absolute Gasteiger partial charge is 0.445 e. The molecule has 2 atom stereocenters. The summed E-state index contributed by atoms with van der Waals surface area (Å²) >= 11 is 0. The molecule has 4 rings (SSSR count). The van der Waals surface area contributed by atoms with Crippen LogP contribution in [0.25, 0.3) is 11.0 Å². The second-order valence-electron chi connectivity index (χ2n) is 7.99. The number of H-pyrrole nitrogens is 1. The summed E-state index contributed by atoms with van der Waals surface area (Å²) in [7, 11) is 0. The lowest BCUT2D eigenvalue weighted by Gasteiger charge is -2.16. The van der Waals surface area contributed by atoms with E-state index in [0.29, 0.717) is 49.2 Å². The number of hydrogen-bond acceptors (Lipinski definition) is 6. The van der Waals surface area contributed by atoms with Crippen molar-refractivity contribution < 1.29 is 19.0 Å². The van der Waals surface area contributed by atoms with Gasteiger partial charge in [0, 0.05) is 43.7 Å². The quantitative estimate of drug-likeness (QED) is 0.517. The Morgan fingerprint density at radius 1 is 1.28 bits per heavy atom. The van der Waals surface area contributed by atoms with Gasteiger partial charge >= 0.3 is 6.09 Å². The fourth-order valence-electron chi connectivity index (χ4n) is 3.88. The minimum Gasteiger partial charge on any atom is -0.445 e. The summed E-state index contributed by atoms with van der Waals surface area (Å²) in [6.07, 6.45) is 0.482. The summed E-state index contributed by atoms with van der Waals surface area (Å²) in [5.41, 5.74) is 2.07. The van der Waals surface area contributed by atoms with Crippen molar-refractivity contribution in [2.24, 2.45) is 5.92 Å². The molecule has 0 saturated carbocycles. The molecule has 32 heavy (non-hydrogen) atoms. The molecule has 1 fully saturated rings. The van der Waals surface area contributed by atoms with Crippen molar-refractivity contribution in [2.45, 2.75) is 19.1 Å². The lowest BCUT2D eigenvalue weighted by Crippen LogP contribution is -2.34. The van der Waals surface area contributed by atoms with Crippen LogP contribution in [0.3, 0.4) is 0 Å². The van der Waals surface area contributed by atoms with Crippen LogP contribution in [-0.4, -0.2) is 58.4 Å². The molecular formula is C23H25FN4O4. The average Bonchev–Trinajstić information content (AvgIpc) is 3.15. The van der Waals surface area contributed by atoms with Crippen molar-refractivity contribution >= 4 is 17.1 Å². The van der Waals surface area contributed by atoms with Gasteiger partial charge in [0.15, 0.2) is 0 Å². The molecule has 3 N–H and O–H groups in total. The Bertz CT molecular complexity index is 1140. The van der Waals surface area contributed by atoms with Gasteiger partial charge < -0.3 is 20.1 Å². The Morgan fingerprint density at radius 3 is 2.91 bits per heavy atom. The number of likely N-dealkylation sites (tertiary alicyclic amines) is 1. The van der Waals surface area contributed by atoms with E-state index < -0.39 is 18.0 Å². The monoisotopic (exact) mass is 440 g/mol. The third-order valence-corrected chi connectivity index (χ3v) is 5.64. The Balaban J connectivity index is 1.25. The van der Waals surface area contributed by atoms with E-state index in [4.69, 9.17) is 4.74 Å². The number of nitrogens with zero attached hydrogens (tertiary/aromatic N) is 2. The number of carbonyl (C=O) groups is 1. The summed E-state index contributed by atoms with van der Waals surface area (Å²) in [6.45, 7) is 2.11. The van der Waals surface area contributed by atoms with E-state index in [9.17, 15) is 19.1 Å². The van der Waals surface area contributed by atoms with Gasteiger partial charge in [0.05, 0.1) is 23.3 Å². The van der Waals surface area contributed by atoms with Crippen molar-refractivity contribution in [3.8, 4) is 0 Å². The van der Waals surface area contributed by atoms with Crippen LogP contribution in [0, 0.1) is 11.7 Å². The van der Waals surface area contributed by atoms with Crippen LogP contribution in [0.1, 0.15) is 11.1 Å². The molecule has 168 valence electrons. The van der Waals surface area contributed by atoms with Crippen molar-refractivity contribution in [3.05, 3.63) is 76.0 Å². The van der Waals surface area contributed by atoms with Crippen LogP contribution in [0.15, 0.2) is 53.5 Å². The number of pyridine rings is 2. The SMILES string of the molecule is O=C(NC[C@H]1CN(CCc2cc3ncc(F)cc3[nH]c2=O)C[C@H]1O)OCc1ccccc1. The molecule has 1 saturated heterocycles. The van der Waals surface area contributed by atoms with Crippen LogP contribution in [0.4, 0.5) is 9.18 Å². The van der Waals surface area contributed by atoms with Crippen LogP contribution in [0.2, 0.25) is 0 Å². The Kier molecular flexibility index (Phi) is 6.77. The minimum absolute atomic E-state index is 0.126. The third kappa shape index (κ3) is 5.49. The summed E-state index contributed by atoms with van der Waals surface area (Å²) < 4.78 is 18.5. The van der Waals surface area contributed by atoms with E-state index in [-0.39, 0.29) is 18.1 Å². The number of halogens is 1. The first-order valence-corrected chi connectivity index (χ1v) is 10.5. The Labute approximate surface area is 184 Å². The van der Waals surface area contributed by atoms with Crippen molar-refractivity contribution in [1.29, 1.82) is 0 Å². The van der Waals surface area contributed by atoms with E-state index in [1.807, 2.05) is 35.2 Å². The molecule has 2 aromatic heterocycles. The van der Waals surface area contributed by atoms with Gasteiger partial charge in [0.25, 0.3) is 5.56 Å². The van der Waals surface area contributed by atoms with Gasteiger partial charge in [0.2, 0.25) is 0 Å². The number of aliphatic hydroxyl groups excluding tert-OH is 1. The fraction of sp³-hybridized carbons (Fsp3) is 0.348. The standard InChI is InChI=1S/C23H25FN4O4/c24-18-9-20-19(25-11-18)8-16(22(30)27-20)6-7-28-12-17(21(29)13-28)10-26-23(31)32-14-15-4-2-1-3-5-15/h1-5,8-9,11,17,21,29H,6-7,10,12-14H2,(H,26,31)(H,27,30)/t17-,21+/m0/s1. The molecule has 3 heterocycles. The zero-order valence-corrected chi connectivity index (χ0v) is 17.5. The van der Waals surface area contributed by atoms with E-state index in [0.717, 1.165) is 11.8 Å². The number of rotatable bonds is 7. The van der Waals surface area contributed by atoms with Gasteiger partial charge in [-0.2, -0.15) is 0 Å². The number of carbonyl (C=O) groups excluding carboxylic acids is 1. The van der Waals surface area contributed by atoms with Gasteiger partial charge in [-0.05, 0) is 18.1 Å². The number of nitrogens with one attached hydrogen (secondary N) is 2. The third-order valence-electron chi connectivity index (χ3n) is 5.64. The highest BCUT2D eigenvalue weighted by Crippen LogP contribution is 2.17. The first kappa shape index (κ1) is 21.9. The lowest BCUT2D eigenvalue weighted by atomic mass is 10.1. The first-order valence-electron chi connectivity index (χ1n) is 10.5. The number of β-amino-alcohol motifs (C(OH)–C–C–N with tert-alkyl or cyclic N) is 1. The molecule has 0 radical (unpaired) electrons. The molecule has 0 spiro atoms. The summed E-state index contributed by atoms with van der Waals surface area (Å²) in [6, 6.07) is 12.3. The van der Waals surface area contributed by atoms with Crippen LogP contribution >= 0.6 is 0 Å². The van der Waals surface area contributed by atoms with Gasteiger partial charge in [-0.15, -0.1) is 0 Å². The van der Waals surface area contributed by atoms with Crippen molar-refractivity contribution in [1.82, 2.24) is 20.2 Å². The van der Waals surface area contributed by atoms with Crippen molar-refractivity contribution in [2.75, 3.05) is 26.2 Å². The van der Waals surface area contributed by atoms with E-state index in [1.165, 1.54) is 6.07 Å². The summed E-state index contributed by atoms with van der Waals surface area (Å²) in [4.78, 5) is 32.9. The predicted molar refractivity (Wildman–Crippen MR) is 117 cm³/mol. The maximum atomic E-state index is 13.3. The highest BCUT2D eigenvalue weighted by Gasteiger charge is 2.31. The lowest BCUT2D eigenvalue weighted by molar-refractivity contribution is 0.124. The molecule has 1 amide bonds. The zero-order valence-electron chi connectivity index (χ0n) is 17.5. The highest BCUT2D eigenvalue weighted by molar-refractivity contribution is 5.74. The number of fused-ring (bicyclic) bond motifs is 1. The molecule has 9 heteroatoms. The van der Waals surface area contributed by atoms with Crippen LogP contribution in [0.5, 0.6) is 0 Å². The van der Waals surface area contributed by atoms with Crippen molar-refractivity contribution in [3.63, 3.8) is 0 Å². The van der Waals surface area contributed by atoms with Crippen LogP contribution in [-0.2, 0) is 17.8 Å². The van der Waals surface area contributed by atoms with Crippen LogP contribution < -0.4 is 10.9 Å². The second kappa shape index (κ2) is 9.88. The Hall–Kier alpha value is -3.30. The van der Waals surface area contributed by atoms with Gasteiger partial charge in [0.1, 0.15) is 12.4 Å².